The number of furan rings is 1. The zero-order valence-corrected chi connectivity index (χ0v) is 11.0. The summed E-state index contributed by atoms with van der Waals surface area (Å²) in [6, 6.07) is 2.12. The molecule has 0 saturated carbocycles. The van der Waals surface area contributed by atoms with Gasteiger partial charge in [0.2, 0.25) is 17.5 Å². The Bertz CT molecular complexity index is 550. The van der Waals surface area contributed by atoms with Crippen molar-refractivity contribution >= 4 is 23.8 Å². The van der Waals surface area contributed by atoms with Crippen LogP contribution in [0.3, 0.4) is 0 Å². The Kier molecular flexibility index (Phi) is 5.33. The van der Waals surface area contributed by atoms with Gasteiger partial charge < -0.3 is 13.9 Å². The molecule has 1 amide bonds. The van der Waals surface area contributed by atoms with Gasteiger partial charge in [-0.1, -0.05) is 0 Å². The number of nitrogens with one attached hydrogen (secondary N) is 1. The summed E-state index contributed by atoms with van der Waals surface area (Å²) in [7, 11) is 0.898. The number of aliphatic imine (C=N–C) groups is 1. The van der Waals surface area contributed by atoms with Crippen LogP contribution >= 0.6 is 0 Å². The Balaban J connectivity index is 3.00. The van der Waals surface area contributed by atoms with E-state index in [9.17, 15) is 22.8 Å². The number of amides is 1. The lowest BCUT2D eigenvalue weighted by molar-refractivity contribution is -0.0616. The van der Waals surface area contributed by atoms with Crippen LogP contribution in [0.25, 0.3) is 0 Å². The predicted octanol–water partition coefficient (Wildman–Crippen LogP) is 2.40. The standard InChI is InChI=1S/C11H11F3N2O5/c1-3-20-8(17)6-4-5-7(21-6)15-9(11(12,13)14)16-10(18)19-2/h4-5H,3H2,1-2H3,(H,15,16,18). The van der Waals surface area contributed by atoms with Gasteiger partial charge in [-0.05, 0) is 13.0 Å². The number of nitrogens with zero attached hydrogens (tertiary/aromatic N) is 1. The van der Waals surface area contributed by atoms with Crippen molar-refractivity contribution in [3.63, 3.8) is 0 Å². The van der Waals surface area contributed by atoms with Crippen molar-refractivity contribution in [2.24, 2.45) is 4.99 Å². The molecule has 10 heteroatoms. The summed E-state index contributed by atoms with van der Waals surface area (Å²) in [6.07, 6.45) is -6.28. The Labute approximate surface area is 116 Å². The number of carbonyl (C=O) groups excluding carboxylic acids is 2. The number of alkyl halides is 3. The minimum absolute atomic E-state index is 0.0792. The Morgan fingerprint density at radius 1 is 1.38 bits per heavy atom. The van der Waals surface area contributed by atoms with Crippen LogP contribution in [0.1, 0.15) is 17.5 Å². The quantitative estimate of drug-likeness (QED) is 0.526. The van der Waals surface area contributed by atoms with Crippen LogP contribution in [0.5, 0.6) is 0 Å². The maximum Gasteiger partial charge on any atom is 0.449 e. The van der Waals surface area contributed by atoms with Crippen LogP contribution in [-0.2, 0) is 9.47 Å². The van der Waals surface area contributed by atoms with E-state index in [-0.39, 0.29) is 12.4 Å². The van der Waals surface area contributed by atoms with Crippen LogP contribution in [-0.4, -0.2) is 37.8 Å². The number of carbonyl (C=O) groups is 2. The summed E-state index contributed by atoms with van der Waals surface area (Å²) in [5.74, 6) is -3.32. The fourth-order valence-electron chi connectivity index (χ4n) is 1.12. The number of rotatable bonds is 3. The van der Waals surface area contributed by atoms with Gasteiger partial charge in [0.15, 0.2) is 0 Å². The number of hydrogen-bond acceptors (Lipinski definition) is 6. The largest absolute Gasteiger partial charge is 0.460 e. The summed E-state index contributed by atoms with van der Waals surface area (Å²) in [5.41, 5.74) is 0. The highest BCUT2D eigenvalue weighted by Crippen LogP contribution is 2.22. The molecule has 1 heterocycles. The SMILES string of the molecule is CCOC(=O)c1ccc(/N=C(/NC(=O)OC)C(F)(F)F)o1. The molecule has 0 saturated heterocycles. The van der Waals surface area contributed by atoms with Gasteiger partial charge in [0.25, 0.3) is 0 Å². The van der Waals surface area contributed by atoms with Crippen molar-refractivity contribution < 1.29 is 36.7 Å². The molecule has 7 nitrogen and oxygen atoms in total. The number of methoxy groups -OCH3 is 1. The lowest BCUT2D eigenvalue weighted by Gasteiger charge is -2.10. The zero-order chi connectivity index (χ0) is 16.0. The van der Waals surface area contributed by atoms with Crippen LogP contribution in [0, 0.1) is 0 Å². The molecular formula is C11H11F3N2O5. The zero-order valence-electron chi connectivity index (χ0n) is 11.0. The highest BCUT2D eigenvalue weighted by molar-refractivity contribution is 5.99. The minimum Gasteiger partial charge on any atom is -0.460 e. The van der Waals surface area contributed by atoms with E-state index in [0.717, 1.165) is 19.2 Å². The van der Waals surface area contributed by atoms with Crippen molar-refractivity contribution in [1.29, 1.82) is 0 Å². The molecule has 1 rings (SSSR count). The normalized spacial score (nSPS) is 12.0. The van der Waals surface area contributed by atoms with E-state index < -0.39 is 30.0 Å². The smallest absolute Gasteiger partial charge is 0.449 e. The van der Waals surface area contributed by atoms with E-state index in [1.54, 1.807) is 6.92 Å². The number of alkyl carbamates (subject to hydrolysis) is 1. The molecule has 1 N–H and O–H groups in total. The molecule has 1 aromatic rings. The number of halogens is 3. The Hall–Kier alpha value is -2.52. The summed E-state index contributed by atoms with van der Waals surface area (Å²) in [6.45, 7) is 1.64. The average Bonchev–Trinajstić information content (AvgIpc) is 2.85. The molecule has 0 aliphatic carbocycles. The number of ether oxygens (including phenoxy) is 2. The molecule has 0 aliphatic rings. The Morgan fingerprint density at radius 3 is 2.57 bits per heavy atom. The number of esters is 1. The van der Waals surface area contributed by atoms with Gasteiger partial charge in [0.1, 0.15) is 0 Å². The molecule has 116 valence electrons. The second-order valence-electron chi connectivity index (χ2n) is 3.43. The summed E-state index contributed by atoms with van der Waals surface area (Å²) in [5, 5.41) is 1.41. The first kappa shape index (κ1) is 16.5. The maximum atomic E-state index is 12.7. The third-order valence-electron chi connectivity index (χ3n) is 1.96. The summed E-state index contributed by atoms with van der Waals surface area (Å²) >= 11 is 0. The molecule has 0 aliphatic heterocycles. The van der Waals surface area contributed by atoms with Crippen LogP contribution in [0.2, 0.25) is 0 Å². The minimum atomic E-state index is -4.94. The van der Waals surface area contributed by atoms with Crippen molar-refractivity contribution in [1.82, 2.24) is 5.32 Å². The molecule has 21 heavy (non-hydrogen) atoms. The van der Waals surface area contributed by atoms with E-state index in [2.05, 4.69) is 14.5 Å². The molecule has 0 radical (unpaired) electrons. The predicted molar refractivity (Wildman–Crippen MR) is 63.4 cm³/mol. The second-order valence-corrected chi connectivity index (χ2v) is 3.43. The average molecular weight is 308 g/mol. The van der Waals surface area contributed by atoms with Crippen LogP contribution in [0.15, 0.2) is 21.5 Å². The van der Waals surface area contributed by atoms with E-state index in [1.807, 2.05) is 0 Å². The maximum absolute atomic E-state index is 12.7. The van der Waals surface area contributed by atoms with E-state index in [0.29, 0.717) is 0 Å². The first-order valence-corrected chi connectivity index (χ1v) is 5.55. The molecule has 0 atom stereocenters. The molecule has 0 fully saturated rings. The van der Waals surface area contributed by atoms with Gasteiger partial charge in [0.05, 0.1) is 13.7 Å². The monoisotopic (exact) mass is 308 g/mol. The van der Waals surface area contributed by atoms with Crippen molar-refractivity contribution in [2.75, 3.05) is 13.7 Å². The first-order valence-electron chi connectivity index (χ1n) is 5.55. The van der Waals surface area contributed by atoms with Gasteiger partial charge in [-0.15, -0.1) is 0 Å². The van der Waals surface area contributed by atoms with E-state index in [1.165, 1.54) is 5.32 Å². The van der Waals surface area contributed by atoms with Gasteiger partial charge in [-0.3, -0.25) is 5.32 Å². The molecule has 0 spiro atoms. The van der Waals surface area contributed by atoms with Crippen LogP contribution < -0.4 is 5.32 Å². The molecule has 0 aromatic carbocycles. The molecule has 0 bridgehead atoms. The lowest BCUT2D eigenvalue weighted by atomic mass is 10.4. The topological polar surface area (TPSA) is 90.1 Å². The first-order chi connectivity index (χ1) is 9.77. The fourth-order valence-corrected chi connectivity index (χ4v) is 1.12. The molecular weight excluding hydrogens is 297 g/mol. The highest BCUT2D eigenvalue weighted by Gasteiger charge is 2.38. The number of amidine groups is 1. The van der Waals surface area contributed by atoms with Crippen molar-refractivity contribution in [3.8, 4) is 0 Å². The van der Waals surface area contributed by atoms with Crippen molar-refractivity contribution in [2.45, 2.75) is 13.1 Å². The van der Waals surface area contributed by atoms with Gasteiger partial charge in [-0.25, -0.2) is 9.59 Å². The van der Waals surface area contributed by atoms with Gasteiger partial charge in [0, 0.05) is 6.07 Å². The summed E-state index contributed by atoms with van der Waals surface area (Å²) < 4.78 is 51.4. The molecule has 0 unspecified atom stereocenters. The van der Waals surface area contributed by atoms with Gasteiger partial charge >= 0.3 is 18.2 Å². The van der Waals surface area contributed by atoms with Crippen molar-refractivity contribution in [3.05, 3.63) is 17.9 Å². The second kappa shape index (κ2) is 6.77. The third kappa shape index (κ3) is 4.82. The summed E-state index contributed by atoms with van der Waals surface area (Å²) in [4.78, 5) is 25.2. The van der Waals surface area contributed by atoms with Crippen LogP contribution in [0.4, 0.5) is 23.8 Å². The number of hydrogen-bond donors (Lipinski definition) is 1. The van der Waals surface area contributed by atoms with E-state index in [4.69, 9.17) is 4.42 Å². The third-order valence-corrected chi connectivity index (χ3v) is 1.96. The molecule has 1 aromatic heterocycles. The highest BCUT2D eigenvalue weighted by atomic mass is 19.4. The van der Waals surface area contributed by atoms with E-state index >= 15 is 0 Å². The fraction of sp³-hybridized carbons (Fsp3) is 0.364. The Morgan fingerprint density at radius 2 is 2.05 bits per heavy atom. The lowest BCUT2D eigenvalue weighted by Crippen LogP contribution is -2.40. The van der Waals surface area contributed by atoms with Gasteiger partial charge in [-0.2, -0.15) is 18.2 Å².